The Morgan fingerprint density at radius 3 is 1.36 bits per heavy atom. The van der Waals surface area contributed by atoms with Gasteiger partial charge in [-0.1, -0.05) is 165 Å². The van der Waals surface area contributed by atoms with Gasteiger partial charge in [-0.2, -0.15) is 0 Å². The molecule has 1 amide bonds. The number of ether oxygens (including phenoxy) is 1. The number of carbonyl (C=O) groups excluding carboxylic acids is 2. The topological polar surface area (TPSA) is 140 Å². The summed E-state index contributed by atoms with van der Waals surface area (Å²) in [7, 11) is 5.48. The maximum Gasteiger partial charge on any atom is 0.335 e. The maximum atomic E-state index is 11.6. The summed E-state index contributed by atoms with van der Waals surface area (Å²) < 4.78 is 8.98. The van der Waals surface area contributed by atoms with Gasteiger partial charge in [0.1, 0.15) is 8.07 Å². The molecular weight excluding hydrogens is 1580 g/mol. The molecule has 11 nitrogen and oxygen atoms in total. The Labute approximate surface area is 643 Å². The van der Waals surface area contributed by atoms with Crippen molar-refractivity contribution in [1.82, 2.24) is 20.0 Å². The number of halogens is 4. The second-order valence-electron chi connectivity index (χ2n) is 26.5. The first-order chi connectivity index (χ1) is 47.4. The molecule has 0 spiro atoms. The largest absolute Gasteiger partial charge is 0.478 e. The van der Waals surface area contributed by atoms with Gasteiger partial charge in [-0.25, -0.2) is 14.4 Å². The van der Waals surface area contributed by atoms with Crippen LogP contribution in [-0.4, -0.2) is 109 Å². The van der Waals surface area contributed by atoms with Crippen LogP contribution in [-0.2, 0) is 34.0 Å². The lowest BCUT2D eigenvalue weighted by Gasteiger charge is -2.16. The number of nitrogens with zero attached hydrogens (tertiary/aromatic N) is 3. The molecule has 0 unspecified atom stereocenters. The van der Waals surface area contributed by atoms with Crippen LogP contribution in [0.5, 0.6) is 0 Å². The molecule has 101 heavy (non-hydrogen) atoms. The highest BCUT2D eigenvalue weighted by Gasteiger charge is 2.28. The van der Waals surface area contributed by atoms with Gasteiger partial charge in [0, 0.05) is 95.2 Å². The van der Waals surface area contributed by atoms with Crippen LogP contribution >= 0.6 is 70.4 Å². The van der Waals surface area contributed by atoms with Gasteiger partial charge in [-0.15, -0.1) is 18.4 Å². The van der Waals surface area contributed by atoms with Gasteiger partial charge in [0.25, 0.3) is 5.91 Å². The van der Waals surface area contributed by atoms with Crippen LogP contribution in [0.25, 0.3) is 12.2 Å². The second kappa shape index (κ2) is 43.7. The van der Waals surface area contributed by atoms with Crippen LogP contribution in [0.1, 0.15) is 159 Å². The van der Waals surface area contributed by atoms with Crippen LogP contribution in [0.4, 0.5) is 0 Å². The van der Waals surface area contributed by atoms with E-state index in [1.54, 1.807) is 37.3 Å². The molecule has 4 aliphatic carbocycles. The van der Waals surface area contributed by atoms with E-state index in [1.807, 2.05) is 80.6 Å². The van der Waals surface area contributed by atoms with E-state index in [1.165, 1.54) is 86.0 Å². The van der Waals surface area contributed by atoms with Crippen LogP contribution in [0.15, 0.2) is 165 Å². The van der Waals surface area contributed by atoms with E-state index in [-0.39, 0.29) is 19.3 Å². The molecule has 4 fully saturated rings. The first-order valence-corrected chi connectivity index (χ1v) is 40.6. The molecule has 16 heteroatoms. The Morgan fingerprint density at radius 2 is 0.950 bits per heavy atom. The third kappa shape index (κ3) is 34.6. The molecule has 0 heterocycles. The van der Waals surface area contributed by atoms with E-state index in [9.17, 15) is 19.2 Å². The van der Waals surface area contributed by atoms with Crippen LogP contribution in [0, 0.1) is 74.3 Å². The van der Waals surface area contributed by atoms with Gasteiger partial charge in [-0.05, 0) is 271 Å². The van der Waals surface area contributed by atoms with Crippen molar-refractivity contribution in [1.29, 1.82) is 0 Å². The summed E-state index contributed by atoms with van der Waals surface area (Å²) in [5.41, 5.74) is 18.5. The van der Waals surface area contributed by atoms with Crippen molar-refractivity contribution in [3.05, 3.63) is 252 Å². The van der Waals surface area contributed by atoms with Crippen LogP contribution in [0.2, 0.25) is 19.6 Å². The smallest absolute Gasteiger partial charge is 0.335 e. The highest BCUT2D eigenvalue weighted by molar-refractivity contribution is 14.1. The van der Waals surface area contributed by atoms with E-state index < -0.39 is 20.0 Å². The number of benzene rings is 7. The summed E-state index contributed by atoms with van der Waals surface area (Å²) in [6.07, 6.45) is 26.8. The zero-order chi connectivity index (χ0) is 73.6. The molecule has 0 radical (unpaired) electrons. The fraction of sp³-hybridized carbons (Fsp3) is 0.341. The van der Waals surface area contributed by atoms with Gasteiger partial charge < -0.3 is 20.3 Å². The van der Waals surface area contributed by atoms with Crippen molar-refractivity contribution >= 4 is 114 Å². The molecule has 4 aliphatic rings. The van der Waals surface area contributed by atoms with Gasteiger partial charge >= 0.3 is 17.9 Å². The van der Waals surface area contributed by atoms with Crippen molar-refractivity contribution in [2.75, 3.05) is 27.7 Å². The van der Waals surface area contributed by atoms with E-state index in [0.717, 1.165) is 110 Å². The van der Waals surface area contributed by atoms with Crippen molar-refractivity contribution in [2.24, 2.45) is 0 Å². The molecule has 4 saturated carbocycles. The molecule has 0 aromatic heterocycles. The fourth-order valence-corrected chi connectivity index (χ4v) is 10.8. The molecule has 0 saturated heterocycles. The van der Waals surface area contributed by atoms with Crippen molar-refractivity contribution in [3.63, 3.8) is 0 Å². The minimum Gasteiger partial charge on any atom is -0.478 e. The average Bonchev–Trinajstić information content (AvgIpc) is 1.84. The fourth-order valence-electron chi connectivity index (χ4n) is 9.23. The summed E-state index contributed by atoms with van der Waals surface area (Å²) >= 11 is 12.5. The number of aryl methyl sites for hydroxylation is 5. The first-order valence-electron chi connectivity index (χ1n) is 33.6. The number of hydrogen-bond acceptors (Lipinski definition) is 8. The van der Waals surface area contributed by atoms with Gasteiger partial charge in [0.05, 0.1) is 12.2 Å². The lowest BCUT2D eigenvalue weighted by Crippen LogP contribution is -2.25. The Hall–Kier alpha value is -7.15. The highest BCUT2D eigenvalue weighted by atomic mass is 127. The number of hydrogen-bond donors (Lipinski definition) is 3. The summed E-state index contributed by atoms with van der Waals surface area (Å²) in [5, 5.41) is 20.2. The molecule has 0 atom stereocenters. The van der Waals surface area contributed by atoms with Crippen LogP contribution in [0.3, 0.4) is 0 Å². The highest BCUT2D eigenvalue weighted by Crippen LogP contribution is 2.30. The quantitative estimate of drug-likeness (QED) is 0.0265. The number of carboxylic acids is 2. The number of rotatable bonds is 17. The number of esters is 1. The molecule has 0 aliphatic heterocycles. The van der Waals surface area contributed by atoms with E-state index in [4.69, 9.17) is 27.8 Å². The Morgan fingerprint density at radius 1 is 0.554 bits per heavy atom. The number of amides is 1. The van der Waals surface area contributed by atoms with Gasteiger partial charge in [0.15, 0.2) is 0 Å². The standard InChI is InChI=1S/C23H23NO2.C14H17N.C12H16BrN.C11H12BrNO.C11H11IO2.C8H7BrO2.C5H10Si.CH4/c1-17-3-4-20(16-24(2)22-12-13-22)15-21(17)11-9-18-5-7-19(8-6-18)10-14-23(25)26;1-4-13-9-12(6-5-11(13)2)10-15(3)14-7-8-14;1-9-3-4-10(7-12(9)13)8-14(2)11-5-6-11;1-7-2-3-8(6-10(7)12)11(14)13-9-4-5-9;1-2-14-11(13)8-5-9-3-6-10(12)7-4-9;1-5-2-3-6(8(10)11)4-7(5)9;1-5-6(2,3)4;/h3-8,10,14-15,22H,12-13,16H2,1-2H3,(H,25,26);1,5-6,9,14H,7-8,10H2,2-3H3;3-4,7,11H,5-6,8H2,1-2H3;2-3,6,9H,4-5H2,1H3,(H,13,14);3-8H,2H2,1H3;2-4H,1H3,(H,10,11);1H,2-4H3;1H4/b14-10+;;;;8-5-;;;. The van der Waals surface area contributed by atoms with Gasteiger partial charge in [-0.3, -0.25) is 19.5 Å². The van der Waals surface area contributed by atoms with Crippen molar-refractivity contribution in [2.45, 2.75) is 164 Å². The Bertz CT molecular complexity index is 4090. The molecule has 0 bridgehead atoms. The Kier molecular flexibility index (Phi) is 37.3. The van der Waals surface area contributed by atoms with E-state index in [2.05, 4.69) is 230 Å². The lowest BCUT2D eigenvalue weighted by atomic mass is 10.0. The summed E-state index contributed by atoms with van der Waals surface area (Å²) in [6.45, 7) is 21.9. The zero-order valence-corrected chi connectivity index (χ0v) is 67.7. The molecule has 3 N–H and O–H groups in total. The normalized spacial score (nSPS) is 13.3. The number of aromatic carboxylic acids is 1. The first kappa shape index (κ1) is 86.3. The zero-order valence-electron chi connectivity index (χ0n) is 59.8. The van der Waals surface area contributed by atoms with E-state index in [0.29, 0.717) is 18.2 Å². The molecule has 7 aromatic rings. The number of nitrogens with one attached hydrogen (secondary N) is 1. The minimum absolute atomic E-state index is 0. The summed E-state index contributed by atoms with van der Waals surface area (Å²) in [6, 6.07) is 48.5. The van der Waals surface area contributed by atoms with Crippen LogP contribution < -0.4 is 5.32 Å². The SMILES string of the molecule is C.C#C[Si](C)(C)C.C#Cc1cc(CN(C)C2CC2)ccc1C.CCOC(=O)/C=C\c1ccc(I)cc1.Cc1ccc(C(=O)NC2CC2)cc1Br.Cc1ccc(C(=O)O)cc1Br.Cc1ccc(CN(C)C2CC2)cc1Br.Cc1ccc(CN(C)C2CC2)cc1C#Cc1ccc(/C=C/C(=O)O)cc1. The van der Waals surface area contributed by atoms with Gasteiger partial charge in [0.2, 0.25) is 0 Å². The minimum atomic E-state index is -1.10. The molecule has 11 rings (SSSR count). The number of carboxylic acid groups (broad SMARTS) is 2. The molecular formula is C85H100Br3IN4O7Si. The predicted molar refractivity (Wildman–Crippen MR) is 441 cm³/mol. The average molecular weight is 1680 g/mol. The molecule has 7 aromatic carbocycles. The predicted octanol–water partition coefficient (Wildman–Crippen LogP) is 20.1. The number of carbonyl (C=O) groups is 4. The Balaban J connectivity index is 0.000000258. The monoisotopic (exact) mass is 1680 g/mol. The third-order valence-electron chi connectivity index (χ3n) is 16.2. The van der Waals surface area contributed by atoms with Crippen molar-refractivity contribution < 1.29 is 34.1 Å². The summed E-state index contributed by atoms with van der Waals surface area (Å²) in [5.74, 6) is 7.11. The second-order valence-corrected chi connectivity index (χ2v) is 35.1. The van der Waals surface area contributed by atoms with Crippen molar-refractivity contribution in [3.8, 4) is 36.2 Å². The number of terminal acetylenes is 2. The maximum absolute atomic E-state index is 11.6. The number of aliphatic carboxylic acids is 1. The molecule has 534 valence electrons. The van der Waals surface area contributed by atoms with E-state index >= 15 is 0 Å². The lowest BCUT2D eigenvalue weighted by molar-refractivity contribution is -0.137. The third-order valence-corrected chi connectivity index (χ3v) is 20.4. The summed E-state index contributed by atoms with van der Waals surface area (Å²) in [4.78, 5) is 50.9.